The van der Waals surface area contributed by atoms with Crippen molar-refractivity contribution in [3.63, 3.8) is 0 Å². The highest BCUT2D eigenvalue weighted by molar-refractivity contribution is 6.31. The second-order valence-corrected chi connectivity index (χ2v) is 8.55. The zero-order valence-electron chi connectivity index (χ0n) is 18.5. The van der Waals surface area contributed by atoms with Crippen molar-refractivity contribution >= 4 is 17.5 Å². The van der Waals surface area contributed by atoms with Crippen LogP contribution in [-0.2, 0) is 11.3 Å². The molecule has 2 heterocycles. The number of halogens is 1. The van der Waals surface area contributed by atoms with Gasteiger partial charge in [-0.15, -0.1) is 0 Å². The molecule has 0 bridgehead atoms. The first-order valence-electron chi connectivity index (χ1n) is 10.8. The zero-order valence-corrected chi connectivity index (χ0v) is 19.3. The van der Waals surface area contributed by atoms with E-state index in [2.05, 4.69) is 10.4 Å². The topological polar surface area (TPSA) is 95.2 Å². The zero-order chi connectivity index (χ0) is 23.5. The average molecular weight is 469 g/mol. The number of nitrogens with zero attached hydrogens (tertiary/aromatic N) is 3. The number of aromatic nitrogens is 3. The van der Waals surface area contributed by atoms with Crippen LogP contribution in [0.1, 0.15) is 40.0 Å². The summed E-state index contributed by atoms with van der Waals surface area (Å²) >= 11 is 6.27. The lowest BCUT2D eigenvalue weighted by Gasteiger charge is -2.14. The Kier molecular flexibility index (Phi) is 6.76. The number of amides is 1. The normalized spacial score (nSPS) is 15.5. The number of ether oxygens (including phenoxy) is 1. The molecule has 0 radical (unpaired) electrons. The first kappa shape index (κ1) is 22.9. The molecule has 1 aliphatic heterocycles. The molecular weight excluding hydrogens is 444 g/mol. The van der Waals surface area contributed by atoms with E-state index in [1.54, 1.807) is 36.4 Å². The Bertz CT molecular complexity index is 1310. The number of rotatable bonds is 6. The lowest BCUT2D eigenvalue weighted by molar-refractivity contribution is 0.0849. The fourth-order valence-corrected chi connectivity index (χ4v) is 3.91. The second kappa shape index (κ2) is 9.72. The van der Waals surface area contributed by atoms with Crippen LogP contribution in [0.4, 0.5) is 0 Å². The molecule has 2 aromatic carbocycles. The number of nitrogens with one attached hydrogen (secondary N) is 1. The fraction of sp³-hybridized carbons (Fsp3) is 0.333. The maximum Gasteiger partial charge on any atom is 0.352 e. The van der Waals surface area contributed by atoms with Crippen molar-refractivity contribution in [3.05, 3.63) is 90.7 Å². The Morgan fingerprint density at radius 2 is 1.97 bits per heavy atom. The quantitative estimate of drug-likeness (QED) is 0.600. The van der Waals surface area contributed by atoms with Gasteiger partial charge >= 0.3 is 5.69 Å². The molecule has 4 rings (SSSR count). The summed E-state index contributed by atoms with van der Waals surface area (Å²) in [6.45, 7) is 4.71. The molecule has 9 heteroatoms. The van der Waals surface area contributed by atoms with Crippen LogP contribution in [0.15, 0.2) is 52.1 Å². The summed E-state index contributed by atoms with van der Waals surface area (Å²) in [7, 11) is 0. The Labute approximate surface area is 195 Å². The predicted molar refractivity (Wildman–Crippen MR) is 125 cm³/mol. The molecule has 8 nitrogen and oxygen atoms in total. The molecular formula is C24H25ClN4O4. The van der Waals surface area contributed by atoms with Crippen LogP contribution in [0.3, 0.4) is 0 Å². The van der Waals surface area contributed by atoms with E-state index in [0.717, 1.165) is 33.2 Å². The van der Waals surface area contributed by atoms with E-state index < -0.39 is 17.2 Å². The van der Waals surface area contributed by atoms with E-state index in [-0.39, 0.29) is 24.9 Å². The van der Waals surface area contributed by atoms with E-state index in [1.807, 2.05) is 19.9 Å². The average Bonchev–Trinajstić information content (AvgIpc) is 3.32. The molecule has 1 aromatic heterocycles. The largest absolute Gasteiger partial charge is 0.376 e. The number of hydrogen-bond acceptors (Lipinski definition) is 5. The predicted octanol–water partition coefficient (Wildman–Crippen LogP) is 2.62. The summed E-state index contributed by atoms with van der Waals surface area (Å²) in [5.74, 6) is -0.652. The van der Waals surface area contributed by atoms with Gasteiger partial charge in [0, 0.05) is 18.2 Å². The van der Waals surface area contributed by atoms with Gasteiger partial charge in [0.05, 0.1) is 18.3 Å². The summed E-state index contributed by atoms with van der Waals surface area (Å²) in [6, 6.07) is 12.3. The van der Waals surface area contributed by atoms with Gasteiger partial charge in [-0.1, -0.05) is 35.9 Å². The highest BCUT2D eigenvalue weighted by Crippen LogP contribution is 2.16. The maximum atomic E-state index is 13.3. The van der Waals surface area contributed by atoms with Crippen molar-refractivity contribution in [2.75, 3.05) is 13.2 Å². The molecule has 1 aliphatic rings. The van der Waals surface area contributed by atoms with Crippen molar-refractivity contribution in [2.45, 2.75) is 39.3 Å². The van der Waals surface area contributed by atoms with Gasteiger partial charge in [0.2, 0.25) is 5.69 Å². The number of carbonyl (C=O) groups is 1. The van der Waals surface area contributed by atoms with Crippen LogP contribution in [0.25, 0.3) is 5.69 Å². The van der Waals surface area contributed by atoms with Gasteiger partial charge in [-0.3, -0.25) is 14.2 Å². The summed E-state index contributed by atoms with van der Waals surface area (Å²) in [5, 5.41) is 7.31. The number of aryl methyl sites for hydroxylation is 2. The van der Waals surface area contributed by atoms with Crippen LogP contribution < -0.4 is 16.6 Å². The van der Waals surface area contributed by atoms with Crippen molar-refractivity contribution in [1.29, 1.82) is 0 Å². The van der Waals surface area contributed by atoms with Crippen LogP contribution in [0.5, 0.6) is 0 Å². The lowest BCUT2D eigenvalue weighted by atomic mass is 10.1. The third kappa shape index (κ3) is 4.91. The van der Waals surface area contributed by atoms with E-state index >= 15 is 0 Å². The third-order valence-corrected chi connectivity index (χ3v) is 6.18. The summed E-state index contributed by atoms with van der Waals surface area (Å²) < 4.78 is 7.61. The molecule has 1 amide bonds. The van der Waals surface area contributed by atoms with Crippen LogP contribution in [0, 0.1) is 13.8 Å². The monoisotopic (exact) mass is 468 g/mol. The van der Waals surface area contributed by atoms with Crippen LogP contribution in [0.2, 0.25) is 5.02 Å². The van der Waals surface area contributed by atoms with Gasteiger partial charge in [0.1, 0.15) is 0 Å². The smallest absolute Gasteiger partial charge is 0.352 e. The van der Waals surface area contributed by atoms with Gasteiger partial charge < -0.3 is 10.1 Å². The summed E-state index contributed by atoms with van der Waals surface area (Å²) in [4.78, 5) is 39.4. The minimum Gasteiger partial charge on any atom is -0.376 e. The van der Waals surface area contributed by atoms with Crippen molar-refractivity contribution in [1.82, 2.24) is 19.7 Å². The number of hydrogen-bond donors (Lipinski definition) is 1. The first-order valence-corrected chi connectivity index (χ1v) is 11.2. The SMILES string of the molecule is Cc1ccc(-n2nc(C(=O)NC[C@@H]3CCCO3)c(=O)n(Cc3ccccc3Cl)c2=O)cc1C. The van der Waals surface area contributed by atoms with Crippen LogP contribution in [-0.4, -0.2) is 39.5 Å². The molecule has 1 fully saturated rings. The van der Waals surface area contributed by atoms with Gasteiger partial charge in [-0.05, 0) is 61.6 Å². The van der Waals surface area contributed by atoms with E-state index in [1.165, 1.54) is 0 Å². The van der Waals surface area contributed by atoms with E-state index in [4.69, 9.17) is 16.3 Å². The Morgan fingerprint density at radius 3 is 2.67 bits per heavy atom. The molecule has 172 valence electrons. The number of carbonyl (C=O) groups excluding carboxylic acids is 1. The highest BCUT2D eigenvalue weighted by Gasteiger charge is 2.23. The highest BCUT2D eigenvalue weighted by atomic mass is 35.5. The Morgan fingerprint density at radius 1 is 1.18 bits per heavy atom. The van der Waals surface area contributed by atoms with Gasteiger partial charge in [0.25, 0.3) is 11.5 Å². The minimum atomic E-state index is -0.773. The molecule has 33 heavy (non-hydrogen) atoms. The molecule has 1 saturated heterocycles. The minimum absolute atomic E-state index is 0.0866. The summed E-state index contributed by atoms with van der Waals surface area (Å²) in [6.07, 6.45) is 1.68. The Hall–Kier alpha value is -3.23. The van der Waals surface area contributed by atoms with Crippen LogP contribution >= 0.6 is 11.6 Å². The molecule has 1 atom stereocenters. The van der Waals surface area contributed by atoms with Gasteiger partial charge in [-0.25, -0.2) is 4.79 Å². The molecule has 3 aromatic rings. The van der Waals surface area contributed by atoms with Crippen molar-refractivity contribution < 1.29 is 9.53 Å². The number of benzene rings is 2. The second-order valence-electron chi connectivity index (χ2n) is 8.14. The Balaban J connectivity index is 1.80. The van der Waals surface area contributed by atoms with Crippen molar-refractivity contribution in [3.8, 4) is 5.69 Å². The first-order chi connectivity index (χ1) is 15.8. The molecule has 0 unspecified atom stereocenters. The van der Waals surface area contributed by atoms with Gasteiger partial charge in [0.15, 0.2) is 0 Å². The molecule has 0 aliphatic carbocycles. The molecule has 0 spiro atoms. The van der Waals surface area contributed by atoms with Crippen molar-refractivity contribution in [2.24, 2.45) is 0 Å². The summed E-state index contributed by atoms with van der Waals surface area (Å²) in [5.41, 5.74) is 1.26. The lowest BCUT2D eigenvalue weighted by Crippen LogP contribution is -2.46. The van der Waals surface area contributed by atoms with E-state index in [0.29, 0.717) is 22.9 Å². The molecule has 1 N–H and O–H groups in total. The third-order valence-electron chi connectivity index (χ3n) is 5.81. The van der Waals surface area contributed by atoms with E-state index in [9.17, 15) is 14.4 Å². The molecule has 0 saturated carbocycles. The van der Waals surface area contributed by atoms with Gasteiger partial charge in [-0.2, -0.15) is 9.78 Å². The fourth-order valence-electron chi connectivity index (χ4n) is 3.71. The standard InChI is InChI=1S/C24H25ClN4O4/c1-15-9-10-18(12-16(15)2)29-24(32)28(14-17-6-3-4-8-20(17)25)23(31)21(27-29)22(30)26-13-19-7-5-11-33-19/h3-4,6,8-10,12,19H,5,7,11,13-14H2,1-2H3,(H,26,30)/t19-/m0/s1. The maximum absolute atomic E-state index is 13.3.